The van der Waals surface area contributed by atoms with Gasteiger partial charge in [0.15, 0.2) is 0 Å². The Morgan fingerprint density at radius 3 is 2.50 bits per heavy atom. The van der Waals surface area contributed by atoms with Gasteiger partial charge in [0.05, 0.1) is 6.61 Å². The minimum Gasteiger partial charge on any atom is -0.460 e. The number of carbonyl (C=O) groups excluding carboxylic acids is 2. The zero-order chi connectivity index (χ0) is 20.3. The predicted octanol–water partition coefficient (Wildman–Crippen LogP) is 2.26. The number of hydrogen-bond donors (Lipinski definition) is 0. The monoisotopic (exact) mass is 412 g/mol. The molecule has 0 aromatic carbocycles. The van der Waals surface area contributed by atoms with Crippen molar-refractivity contribution in [2.45, 2.75) is 57.1 Å². The molecule has 1 atom stereocenters. The summed E-state index contributed by atoms with van der Waals surface area (Å²) in [6, 6.07) is 2.83. The maximum Gasteiger partial charge on any atom is 0.374 e. The van der Waals surface area contributed by atoms with E-state index in [0.717, 1.165) is 25.8 Å². The summed E-state index contributed by atoms with van der Waals surface area (Å²) in [5, 5.41) is -0.273. The zero-order valence-electron chi connectivity index (χ0n) is 16.4. The summed E-state index contributed by atoms with van der Waals surface area (Å²) >= 11 is 0. The van der Waals surface area contributed by atoms with Gasteiger partial charge in [0.1, 0.15) is 0 Å². The van der Waals surface area contributed by atoms with Gasteiger partial charge in [-0.05, 0) is 58.1 Å². The number of likely N-dealkylation sites (tertiary alicyclic amines) is 1. The van der Waals surface area contributed by atoms with E-state index in [1.807, 2.05) is 4.90 Å². The summed E-state index contributed by atoms with van der Waals surface area (Å²) < 4.78 is 37.0. The number of piperidine rings is 2. The fraction of sp³-hybridized carbons (Fsp3) is 0.684. The van der Waals surface area contributed by atoms with Crippen molar-refractivity contribution in [2.75, 3.05) is 26.2 Å². The molecule has 8 nitrogen and oxygen atoms in total. The smallest absolute Gasteiger partial charge is 0.374 e. The van der Waals surface area contributed by atoms with Gasteiger partial charge in [-0.15, -0.1) is 0 Å². The van der Waals surface area contributed by atoms with Gasteiger partial charge in [-0.2, -0.15) is 4.31 Å². The van der Waals surface area contributed by atoms with Crippen molar-refractivity contribution in [3.63, 3.8) is 0 Å². The Balaban J connectivity index is 1.62. The summed E-state index contributed by atoms with van der Waals surface area (Å²) in [7, 11) is -3.84. The minimum atomic E-state index is -3.84. The largest absolute Gasteiger partial charge is 0.460 e. The van der Waals surface area contributed by atoms with Gasteiger partial charge in [0.25, 0.3) is 10.0 Å². The van der Waals surface area contributed by atoms with Crippen LogP contribution in [0.15, 0.2) is 21.6 Å². The maximum atomic E-state index is 12.8. The summed E-state index contributed by atoms with van der Waals surface area (Å²) in [5.41, 5.74) is 0. The number of furan rings is 1. The van der Waals surface area contributed by atoms with Crippen LogP contribution in [0.5, 0.6) is 0 Å². The Morgan fingerprint density at radius 2 is 1.86 bits per heavy atom. The molecule has 2 saturated heterocycles. The Morgan fingerprint density at radius 1 is 1.14 bits per heavy atom. The first kappa shape index (κ1) is 20.9. The van der Waals surface area contributed by atoms with Crippen LogP contribution < -0.4 is 0 Å². The number of hydrogen-bond acceptors (Lipinski definition) is 6. The van der Waals surface area contributed by atoms with E-state index in [4.69, 9.17) is 9.15 Å². The van der Waals surface area contributed by atoms with Crippen molar-refractivity contribution in [1.29, 1.82) is 0 Å². The van der Waals surface area contributed by atoms with Gasteiger partial charge < -0.3 is 14.1 Å². The number of rotatable bonds is 5. The number of sulfonamides is 1. The standard InChI is InChI=1S/C19H28N2O6S/c1-3-26-19(23)16-7-8-17(27-16)28(24,25)20-12-9-15(10-13-20)18(22)21-11-5-4-6-14(21)2/h7-8,14-15H,3-6,9-13H2,1-2H3. The number of nitrogens with zero attached hydrogens (tertiary/aromatic N) is 2. The van der Waals surface area contributed by atoms with E-state index >= 15 is 0 Å². The van der Waals surface area contributed by atoms with Crippen molar-refractivity contribution >= 4 is 21.9 Å². The Labute approximate surface area is 165 Å². The molecule has 0 spiro atoms. The van der Waals surface area contributed by atoms with Crippen molar-refractivity contribution in [3.8, 4) is 0 Å². The SMILES string of the molecule is CCOC(=O)c1ccc(S(=O)(=O)N2CCC(C(=O)N3CCCCC3C)CC2)o1. The fourth-order valence-corrected chi connectivity index (χ4v) is 5.28. The van der Waals surface area contributed by atoms with Gasteiger partial charge in [-0.3, -0.25) is 4.79 Å². The molecular weight excluding hydrogens is 384 g/mol. The Kier molecular flexibility index (Phi) is 6.44. The third-order valence-electron chi connectivity index (χ3n) is 5.54. The highest BCUT2D eigenvalue weighted by Crippen LogP contribution is 2.28. The highest BCUT2D eigenvalue weighted by Gasteiger charge is 2.36. The molecule has 9 heteroatoms. The second-order valence-corrected chi connectivity index (χ2v) is 9.26. The lowest BCUT2D eigenvalue weighted by molar-refractivity contribution is -0.140. The first-order valence-corrected chi connectivity index (χ1v) is 11.4. The van der Waals surface area contributed by atoms with E-state index in [1.54, 1.807) is 6.92 Å². The van der Waals surface area contributed by atoms with Gasteiger partial charge in [0, 0.05) is 31.6 Å². The average Bonchev–Trinajstić information content (AvgIpc) is 3.19. The van der Waals surface area contributed by atoms with Crippen LogP contribution in [0, 0.1) is 5.92 Å². The first-order valence-electron chi connectivity index (χ1n) is 9.92. The fourth-order valence-electron chi connectivity index (χ4n) is 3.90. The van der Waals surface area contributed by atoms with Gasteiger partial charge in [0.2, 0.25) is 16.8 Å². The lowest BCUT2D eigenvalue weighted by atomic mass is 9.94. The van der Waals surface area contributed by atoms with E-state index in [9.17, 15) is 18.0 Å². The molecule has 1 unspecified atom stereocenters. The van der Waals surface area contributed by atoms with E-state index < -0.39 is 16.0 Å². The third-order valence-corrected chi connectivity index (χ3v) is 7.31. The van der Waals surface area contributed by atoms with E-state index in [0.29, 0.717) is 12.8 Å². The van der Waals surface area contributed by atoms with Crippen molar-refractivity contribution in [2.24, 2.45) is 5.92 Å². The number of ether oxygens (including phenoxy) is 1. The molecule has 1 aromatic rings. The first-order chi connectivity index (χ1) is 13.3. The second kappa shape index (κ2) is 8.65. The zero-order valence-corrected chi connectivity index (χ0v) is 17.2. The van der Waals surface area contributed by atoms with Crippen LogP contribution in [-0.4, -0.2) is 61.8 Å². The van der Waals surface area contributed by atoms with Crippen molar-refractivity contribution in [1.82, 2.24) is 9.21 Å². The molecule has 156 valence electrons. The molecule has 28 heavy (non-hydrogen) atoms. The molecule has 2 aliphatic heterocycles. The summed E-state index contributed by atoms with van der Waals surface area (Å²) in [6.07, 6.45) is 4.20. The predicted molar refractivity (Wildman–Crippen MR) is 101 cm³/mol. The molecular formula is C19H28N2O6S. The van der Waals surface area contributed by atoms with Gasteiger partial charge >= 0.3 is 5.97 Å². The number of esters is 1. The third kappa shape index (κ3) is 4.25. The van der Waals surface area contributed by atoms with Crippen LogP contribution in [0.4, 0.5) is 0 Å². The molecule has 2 aliphatic rings. The van der Waals surface area contributed by atoms with Gasteiger partial charge in [-0.25, -0.2) is 13.2 Å². The molecule has 2 fully saturated rings. The van der Waals surface area contributed by atoms with E-state index in [-0.39, 0.29) is 48.4 Å². The van der Waals surface area contributed by atoms with Gasteiger partial charge in [-0.1, -0.05) is 0 Å². The minimum absolute atomic E-state index is 0.135. The molecule has 3 heterocycles. The van der Waals surface area contributed by atoms with Crippen LogP contribution in [0.1, 0.15) is 56.5 Å². The van der Waals surface area contributed by atoms with Crippen LogP contribution in [0.25, 0.3) is 0 Å². The summed E-state index contributed by atoms with van der Waals surface area (Å²) in [4.78, 5) is 26.5. The van der Waals surface area contributed by atoms with Crippen molar-refractivity contribution in [3.05, 3.63) is 17.9 Å². The summed E-state index contributed by atoms with van der Waals surface area (Å²) in [5.74, 6) is -0.820. The Hall–Kier alpha value is -1.87. The average molecular weight is 413 g/mol. The van der Waals surface area contributed by atoms with Crippen molar-refractivity contribution < 1.29 is 27.2 Å². The summed E-state index contributed by atoms with van der Waals surface area (Å²) in [6.45, 7) is 5.23. The normalized spacial score (nSPS) is 22.2. The highest BCUT2D eigenvalue weighted by molar-refractivity contribution is 7.89. The molecule has 0 N–H and O–H groups in total. The number of carbonyl (C=O) groups is 2. The molecule has 0 radical (unpaired) electrons. The second-order valence-electron chi connectivity index (χ2n) is 7.39. The molecule has 1 aromatic heterocycles. The van der Waals surface area contributed by atoms with Crippen LogP contribution >= 0.6 is 0 Å². The topological polar surface area (TPSA) is 97.1 Å². The van der Waals surface area contributed by atoms with E-state index in [1.165, 1.54) is 16.4 Å². The lowest BCUT2D eigenvalue weighted by Gasteiger charge is -2.38. The van der Waals surface area contributed by atoms with E-state index in [2.05, 4.69) is 6.92 Å². The quantitative estimate of drug-likeness (QED) is 0.688. The Bertz CT molecular complexity index is 810. The molecule has 0 bridgehead atoms. The van der Waals surface area contributed by atoms with Crippen LogP contribution in [0.3, 0.4) is 0 Å². The maximum absolute atomic E-state index is 12.8. The molecule has 1 amide bonds. The molecule has 0 saturated carbocycles. The molecule has 0 aliphatic carbocycles. The van der Waals surface area contributed by atoms with Crippen LogP contribution in [-0.2, 0) is 19.6 Å². The molecule has 3 rings (SSSR count). The number of amides is 1. The van der Waals surface area contributed by atoms with Crippen LogP contribution in [0.2, 0.25) is 0 Å². The highest BCUT2D eigenvalue weighted by atomic mass is 32.2. The lowest BCUT2D eigenvalue weighted by Crippen LogP contribution is -2.48.